The molecule has 0 amide bonds. The van der Waals surface area contributed by atoms with Crippen molar-refractivity contribution >= 4 is 22.3 Å². The molecule has 9 aromatic carbocycles. The van der Waals surface area contributed by atoms with E-state index in [0.717, 1.165) is 71.2 Å². The lowest BCUT2D eigenvalue weighted by Crippen LogP contribution is -2.09. The number of hydrogen-bond acceptors (Lipinski definition) is 1. The molecule has 1 nitrogen and oxygen atoms in total. The highest BCUT2D eigenvalue weighted by molar-refractivity contribution is 5.87. The Morgan fingerprint density at radius 3 is 1.80 bits per heavy atom. The first-order valence-corrected chi connectivity index (χ1v) is 28.9. The van der Waals surface area contributed by atoms with Crippen molar-refractivity contribution in [1.29, 1.82) is 0 Å². The van der Waals surface area contributed by atoms with Crippen molar-refractivity contribution in [3.63, 3.8) is 0 Å². The van der Waals surface area contributed by atoms with Crippen LogP contribution in [0.2, 0.25) is 0 Å². The summed E-state index contributed by atoms with van der Waals surface area (Å²) in [5.41, 5.74) is 27.3. The van der Waals surface area contributed by atoms with Crippen LogP contribution < -0.4 is 4.74 Å². The Morgan fingerprint density at radius 2 is 1.10 bits per heavy atom. The number of aryl methyl sites for hydroxylation is 2. The molecule has 10 rings (SSSR count). The highest BCUT2D eigenvalue weighted by atomic mass is 16.5. The van der Waals surface area contributed by atoms with Crippen molar-refractivity contribution in [1.82, 2.24) is 0 Å². The number of terminal acetylenes is 2. The van der Waals surface area contributed by atoms with Crippen LogP contribution in [0.5, 0.6) is 5.75 Å². The normalized spacial score (nSPS) is 13.4. The molecule has 0 radical (unpaired) electrons. The smallest absolute Gasteiger partial charge is 0.134 e. The highest BCUT2D eigenvalue weighted by Crippen LogP contribution is 2.42. The summed E-state index contributed by atoms with van der Waals surface area (Å²) in [6, 6.07) is 79.6. The molecule has 0 spiro atoms. The largest absolute Gasteiger partial charge is 0.495 e. The van der Waals surface area contributed by atoms with Gasteiger partial charge in [-0.25, -0.2) is 0 Å². The van der Waals surface area contributed by atoms with Crippen LogP contribution >= 0.6 is 0 Å². The summed E-state index contributed by atoms with van der Waals surface area (Å²) in [4.78, 5) is 0. The number of benzene rings is 9. The minimum Gasteiger partial charge on any atom is -0.495 e. The lowest BCUT2D eigenvalue weighted by Gasteiger charge is -2.26. The molecule has 83 heavy (non-hydrogen) atoms. The van der Waals surface area contributed by atoms with Crippen LogP contribution in [0.4, 0.5) is 0 Å². The van der Waals surface area contributed by atoms with Crippen LogP contribution in [0.15, 0.2) is 266 Å². The van der Waals surface area contributed by atoms with E-state index in [1.807, 2.05) is 0 Å². The molecule has 0 heterocycles. The van der Waals surface area contributed by atoms with Gasteiger partial charge in [0.25, 0.3) is 0 Å². The van der Waals surface area contributed by atoms with Gasteiger partial charge in [0, 0.05) is 17.0 Å². The molecule has 0 aliphatic heterocycles. The minimum atomic E-state index is 0.394. The quantitative estimate of drug-likeness (QED) is 0.0615. The third-order valence-electron chi connectivity index (χ3n) is 15.6. The van der Waals surface area contributed by atoms with Crippen LogP contribution in [0.25, 0.3) is 66.8 Å². The standard InChI is InChI=1S/C78H72O.2C2H2/c1-7-24-62-45-43-55(2)47-77(62)74-40-22-39-73(58(74)5)69-37-19-33-64(51-69)56(3)25-17-18-28-60-49-71(57(4)48-68(61-29-13-9-14-30-61)46-44-59-26-11-8-12-27-59)54-72(50-60)67-36-20-34-65(52-67)66-35-21-38-70(53-66)76-42-23-41-75(78(76)79-6)63-31-15-10-16-32-63;2*1-2/h8-23,25-27,29-39,41-43,45-54,74H,7,24,28,40,44H2,1-6H3;2*1-2H/b18-17-,56-25+,57-48+,68-46+;;. The van der Waals surface area contributed by atoms with E-state index in [1.54, 1.807) is 7.11 Å². The average Bonchev–Trinajstić information content (AvgIpc) is 3.56. The monoisotopic (exact) mass is 1080 g/mol. The maximum Gasteiger partial charge on any atom is 0.134 e. The maximum atomic E-state index is 6.13. The predicted molar refractivity (Wildman–Crippen MR) is 360 cm³/mol. The summed E-state index contributed by atoms with van der Waals surface area (Å²) in [7, 11) is 1.77. The molecule has 1 atom stereocenters. The van der Waals surface area contributed by atoms with Gasteiger partial charge in [0.15, 0.2) is 0 Å². The summed E-state index contributed by atoms with van der Waals surface area (Å²) in [6.07, 6.45) is 37.2. The molecule has 9 aromatic rings. The van der Waals surface area contributed by atoms with Crippen LogP contribution in [0.1, 0.15) is 96.5 Å². The maximum absolute atomic E-state index is 6.13. The molecule has 1 unspecified atom stereocenters. The number of ether oxygens (including phenoxy) is 1. The average molecular weight is 1080 g/mol. The predicted octanol–water partition coefficient (Wildman–Crippen LogP) is 21.6. The Balaban J connectivity index is 0.00000220. The summed E-state index contributed by atoms with van der Waals surface area (Å²) in [6.45, 7) is 11.3. The van der Waals surface area contributed by atoms with Crippen molar-refractivity contribution in [2.75, 3.05) is 7.11 Å². The van der Waals surface area contributed by atoms with Gasteiger partial charge in [-0.2, -0.15) is 0 Å². The van der Waals surface area contributed by atoms with Gasteiger partial charge in [-0.3, -0.25) is 0 Å². The number of rotatable bonds is 18. The van der Waals surface area contributed by atoms with Crippen molar-refractivity contribution in [2.45, 2.75) is 72.6 Å². The Morgan fingerprint density at radius 1 is 0.518 bits per heavy atom. The third kappa shape index (κ3) is 15.0. The van der Waals surface area contributed by atoms with Gasteiger partial charge in [-0.15, -0.1) is 25.7 Å². The molecule has 1 aliphatic carbocycles. The highest BCUT2D eigenvalue weighted by Gasteiger charge is 2.22. The fourth-order valence-corrected chi connectivity index (χ4v) is 11.3. The van der Waals surface area contributed by atoms with Gasteiger partial charge in [-0.05, 0) is 178 Å². The number of methoxy groups -OCH3 is 1. The zero-order chi connectivity index (χ0) is 58.5. The molecule has 410 valence electrons. The van der Waals surface area contributed by atoms with Crippen molar-refractivity contribution < 1.29 is 4.74 Å². The van der Waals surface area contributed by atoms with E-state index in [4.69, 9.17) is 4.74 Å². The first-order valence-electron chi connectivity index (χ1n) is 28.9. The van der Waals surface area contributed by atoms with Crippen LogP contribution in [0, 0.1) is 32.6 Å². The third-order valence-corrected chi connectivity index (χ3v) is 15.6. The molecule has 1 heteroatoms. The Kier molecular flexibility index (Phi) is 21.3. The first-order chi connectivity index (χ1) is 40.7. The summed E-state index contributed by atoms with van der Waals surface area (Å²) >= 11 is 0. The molecule has 1 aliphatic rings. The van der Waals surface area contributed by atoms with Gasteiger partial charge < -0.3 is 4.74 Å². The van der Waals surface area contributed by atoms with E-state index in [1.165, 1.54) is 89.1 Å². The number of allylic oxidation sites excluding steroid dienone is 12. The van der Waals surface area contributed by atoms with Gasteiger partial charge in [0.1, 0.15) is 5.75 Å². The fraction of sp³-hybridized carbons (Fsp3) is 0.146. The van der Waals surface area contributed by atoms with Crippen molar-refractivity contribution in [3.05, 3.63) is 317 Å². The van der Waals surface area contributed by atoms with E-state index >= 15 is 0 Å². The van der Waals surface area contributed by atoms with E-state index < -0.39 is 0 Å². The van der Waals surface area contributed by atoms with Crippen molar-refractivity contribution in [2.24, 2.45) is 0 Å². The second-order valence-corrected chi connectivity index (χ2v) is 21.2. The summed E-state index contributed by atoms with van der Waals surface area (Å²) < 4.78 is 6.13. The van der Waals surface area contributed by atoms with E-state index in [2.05, 4.69) is 321 Å². The summed E-state index contributed by atoms with van der Waals surface area (Å²) in [5.74, 6) is 1.27. The van der Waals surface area contributed by atoms with Gasteiger partial charge in [0.05, 0.1) is 7.11 Å². The number of hydrogen-bond donors (Lipinski definition) is 0. The second kappa shape index (κ2) is 29.7. The van der Waals surface area contributed by atoms with Gasteiger partial charge in [0.2, 0.25) is 0 Å². The first kappa shape index (κ1) is 59.5. The van der Waals surface area contributed by atoms with E-state index in [-0.39, 0.29) is 0 Å². The molecule has 0 aromatic heterocycles. The van der Waals surface area contributed by atoms with Crippen molar-refractivity contribution in [3.8, 4) is 76.0 Å². The molecular formula is C82H76O. The topological polar surface area (TPSA) is 9.23 Å². The lowest BCUT2D eigenvalue weighted by atomic mass is 9.78. The molecule has 0 saturated heterocycles. The zero-order valence-corrected chi connectivity index (χ0v) is 49.2. The zero-order valence-electron chi connectivity index (χ0n) is 49.2. The Labute approximate surface area is 496 Å². The Hall–Kier alpha value is -9.66. The number of para-hydroxylation sites is 1. The van der Waals surface area contributed by atoms with E-state index in [9.17, 15) is 0 Å². The Bertz CT molecular complexity index is 3860. The fourth-order valence-electron chi connectivity index (χ4n) is 11.3. The van der Waals surface area contributed by atoms with E-state index in [0.29, 0.717) is 5.92 Å². The SMILES string of the molecule is C#C.C#C.CCCc1ccc(C)cc1C1CC=CC(c2cccc(/C(C)=C/C=C\Cc3cc(/C(C)=C/C(=C\Cc4ccccc4)c4ccccc4)cc(-c4cccc(-c5cccc(-c6cccc(-c7ccccc7)c6OC)c5)c4)c3)c2)=C1C. The lowest BCUT2D eigenvalue weighted by molar-refractivity contribution is 0.418. The van der Waals surface area contributed by atoms with Crippen LogP contribution in [0.3, 0.4) is 0 Å². The molecule has 0 bridgehead atoms. The molecule has 0 saturated carbocycles. The van der Waals surface area contributed by atoms with Crippen LogP contribution in [-0.4, -0.2) is 7.11 Å². The molecule has 0 fully saturated rings. The van der Waals surface area contributed by atoms with Crippen LogP contribution in [-0.2, 0) is 19.3 Å². The molecule has 0 N–H and O–H groups in total. The van der Waals surface area contributed by atoms with Gasteiger partial charge >= 0.3 is 0 Å². The minimum absolute atomic E-state index is 0.394. The van der Waals surface area contributed by atoms with Gasteiger partial charge in [-0.1, -0.05) is 261 Å². The molecular weight excluding hydrogens is 1000 g/mol. The second-order valence-electron chi connectivity index (χ2n) is 21.2. The summed E-state index contributed by atoms with van der Waals surface area (Å²) in [5, 5.41) is 0.